The van der Waals surface area contributed by atoms with Gasteiger partial charge in [0.2, 0.25) is 0 Å². The van der Waals surface area contributed by atoms with Crippen molar-refractivity contribution in [2.45, 2.75) is 13.8 Å². The van der Waals surface area contributed by atoms with Gasteiger partial charge in [-0.1, -0.05) is 48.5 Å². The summed E-state index contributed by atoms with van der Waals surface area (Å²) in [4.78, 5) is 12.0. The summed E-state index contributed by atoms with van der Waals surface area (Å²) in [6, 6.07) is 18.9. The first-order valence-corrected chi connectivity index (χ1v) is 6.18. The Balaban J connectivity index is 0.00000200. The molecule has 2 aromatic carbocycles. The Morgan fingerprint density at radius 2 is 1.35 bits per heavy atom. The predicted octanol–water partition coefficient (Wildman–Crippen LogP) is 3.17. The average molecular weight is 462 g/mol. The first-order chi connectivity index (χ1) is 9.18. The number of para-hydroxylation sites is 1. The Hall–Kier alpha value is -1.43. The molecule has 20 heavy (non-hydrogen) atoms. The summed E-state index contributed by atoms with van der Waals surface area (Å²) in [7, 11) is 0. The molecule has 102 valence electrons. The number of hydrogen-bond donors (Lipinski definition) is 0. The van der Waals surface area contributed by atoms with Gasteiger partial charge in [-0.05, 0) is 37.1 Å². The number of esters is 1. The van der Waals surface area contributed by atoms with Gasteiger partial charge in [0.25, 0.3) is 0 Å². The number of carbonyl (C=O) groups is 1. The van der Waals surface area contributed by atoms with E-state index in [1.54, 1.807) is 19.1 Å². The number of ether oxygens (including phenoxy) is 1. The number of hydrogen-bond acceptors (Lipinski definition) is 2. The zero-order valence-corrected chi connectivity index (χ0v) is 17.3. The Labute approximate surface area is 139 Å². The van der Waals surface area contributed by atoms with Crippen LogP contribution in [-0.4, -0.2) is 33.3 Å². The third kappa shape index (κ3) is 4.30. The zero-order chi connectivity index (χ0) is 13.7. The van der Waals surface area contributed by atoms with Crippen LogP contribution in [0.3, 0.4) is 0 Å². The molecule has 0 N–H and O–H groups in total. The molecule has 0 saturated heterocycles. The van der Waals surface area contributed by atoms with Crippen LogP contribution in [0.1, 0.15) is 19.4 Å². The number of benzene rings is 2. The Bertz CT molecular complexity index is 589. The summed E-state index contributed by atoms with van der Waals surface area (Å²) in [6.07, 6.45) is 0. The van der Waals surface area contributed by atoms with E-state index in [-0.39, 0.29) is 33.3 Å². The molecule has 2 nitrogen and oxygen atoms in total. The fourth-order valence-electron chi connectivity index (χ4n) is 1.73. The zero-order valence-electron chi connectivity index (χ0n) is 11.8. The molecular formula is C17H18O2Pb. The third-order valence-electron chi connectivity index (χ3n) is 3.03. The molecule has 0 spiro atoms. The molecule has 0 aromatic heterocycles. The summed E-state index contributed by atoms with van der Waals surface area (Å²) in [5.74, 6) is 0.250. The Kier molecular flexibility index (Phi) is 6.64. The van der Waals surface area contributed by atoms with Crippen molar-refractivity contribution in [1.82, 2.24) is 0 Å². The monoisotopic (exact) mass is 462 g/mol. The van der Waals surface area contributed by atoms with Crippen molar-refractivity contribution >= 4 is 38.8 Å². The van der Waals surface area contributed by atoms with Gasteiger partial charge in [-0.25, -0.2) is 4.79 Å². The van der Waals surface area contributed by atoms with E-state index in [1.165, 1.54) is 0 Å². The summed E-state index contributed by atoms with van der Waals surface area (Å²) < 4.78 is 5.32. The van der Waals surface area contributed by atoms with Crippen LogP contribution in [0.4, 0.5) is 0 Å². The van der Waals surface area contributed by atoms with E-state index in [1.807, 2.05) is 55.5 Å². The fourth-order valence-corrected chi connectivity index (χ4v) is 1.73. The van der Waals surface area contributed by atoms with E-state index in [4.69, 9.17) is 4.74 Å². The van der Waals surface area contributed by atoms with Gasteiger partial charge in [-0.3, -0.25) is 0 Å². The van der Waals surface area contributed by atoms with Crippen molar-refractivity contribution in [3.63, 3.8) is 0 Å². The minimum atomic E-state index is -0.312. The molecule has 0 aliphatic carbocycles. The molecule has 2 radical (unpaired) electrons. The van der Waals surface area contributed by atoms with E-state index in [9.17, 15) is 4.79 Å². The van der Waals surface area contributed by atoms with Gasteiger partial charge in [-0.15, -0.1) is 0 Å². The van der Waals surface area contributed by atoms with Gasteiger partial charge in [-0.2, -0.15) is 0 Å². The standard InChI is InChI=1S/C17H16O2.Pb.2H/c1-13(15-9-5-3-6-10-15)14(2)17(18)19-16-11-7-4-8-12-16;;;/h3-12H,1-2H3;;;. The quantitative estimate of drug-likeness (QED) is 0.304. The second-order valence-corrected chi connectivity index (χ2v) is 4.32. The molecule has 0 atom stereocenters. The van der Waals surface area contributed by atoms with Gasteiger partial charge in [0.15, 0.2) is 0 Å². The van der Waals surface area contributed by atoms with Crippen LogP contribution in [0.25, 0.3) is 5.57 Å². The van der Waals surface area contributed by atoms with Crippen LogP contribution in [0.15, 0.2) is 66.2 Å². The van der Waals surface area contributed by atoms with Crippen LogP contribution < -0.4 is 4.74 Å². The van der Waals surface area contributed by atoms with Gasteiger partial charge in [0.1, 0.15) is 5.75 Å². The van der Waals surface area contributed by atoms with Gasteiger partial charge in [0, 0.05) is 5.57 Å². The molecule has 2 rings (SSSR count). The second-order valence-electron chi connectivity index (χ2n) is 4.32. The molecule has 0 fully saturated rings. The number of carbonyl (C=O) groups excluding carboxylic acids is 1. The molecule has 0 heterocycles. The molecule has 0 aliphatic rings. The number of allylic oxidation sites excluding steroid dienone is 1. The summed E-state index contributed by atoms with van der Waals surface area (Å²) in [5.41, 5.74) is 2.58. The number of rotatable bonds is 3. The fraction of sp³-hybridized carbons (Fsp3) is 0.118. The molecule has 3 heteroatoms. The SMILES string of the molecule is CC(C(=O)Oc1ccccc1)=C(C)c1ccccc1.[PbH2]. The molecular weight excluding hydrogens is 443 g/mol. The van der Waals surface area contributed by atoms with Gasteiger partial charge in [0.05, 0.1) is 0 Å². The maximum absolute atomic E-state index is 12.0. The van der Waals surface area contributed by atoms with Crippen LogP contribution >= 0.6 is 0 Å². The van der Waals surface area contributed by atoms with E-state index < -0.39 is 0 Å². The molecule has 0 bridgehead atoms. The molecule has 0 saturated carbocycles. The molecule has 0 amide bonds. The first-order valence-electron chi connectivity index (χ1n) is 6.18. The van der Waals surface area contributed by atoms with Crippen LogP contribution in [0.5, 0.6) is 5.75 Å². The van der Waals surface area contributed by atoms with Gasteiger partial charge >= 0.3 is 33.3 Å². The first kappa shape index (κ1) is 16.6. The predicted molar refractivity (Wildman–Crippen MR) is 85.3 cm³/mol. The van der Waals surface area contributed by atoms with Gasteiger partial charge < -0.3 is 4.74 Å². The Morgan fingerprint density at radius 1 is 0.850 bits per heavy atom. The molecule has 0 aliphatic heterocycles. The van der Waals surface area contributed by atoms with E-state index in [2.05, 4.69) is 0 Å². The molecule has 0 unspecified atom stereocenters. The van der Waals surface area contributed by atoms with Crippen molar-refractivity contribution in [1.29, 1.82) is 0 Å². The summed E-state index contributed by atoms with van der Waals surface area (Å²) >= 11 is 0. The van der Waals surface area contributed by atoms with Crippen LogP contribution in [0.2, 0.25) is 0 Å². The van der Waals surface area contributed by atoms with Crippen molar-refractivity contribution < 1.29 is 9.53 Å². The average Bonchev–Trinajstić information content (AvgIpc) is 2.47. The van der Waals surface area contributed by atoms with Crippen molar-refractivity contribution in [2.75, 3.05) is 0 Å². The topological polar surface area (TPSA) is 26.3 Å². The van der Waals surface area contributed by atoms with E-state index in [0.717, 1.165) is 11.1 Å². The van der Waals surface area contributed by atoms with Crippen molar-refractivity contribution in [3.05, 3.63) is 71.8 Å². The van der Waals surface area contributed by atoms with E-state index >= 15 is 0 Å². The summed E-state index contributed by atoms with van der Waals surface area (Å²) in [6.45, 7) is 3.71. The second kappa shape index (κ2) is 7.99. The third-order valence-corrected chi connectivity index (χ3v) is 3.03. The Morgan fingerprint density at radius 3 is 1.90 bits per heavy atom. The van der Waals surface area contributed by atoms with Crippen LogP contribution in [-0.2, 0) is 4.79 Å². The van der Waals surface area contributed by atoms with Crippen molar-refractivity contribution in [2.24, 2.45) is 0 Å². The van der Waals surface area contributed by atoms with Crippen LogP contribution in [0, 0.1) is 0 Å². The van der Waals surface area contributed by atoms with Crippen molar-refractivity contribution in [3.8, 4) is 5.75 Å². The maximum atomic E-state index is 12.0. The normalized spacial score (nSPS) is 11.1. The molecule has 2 aromatic rings. The van der Waals surface area contributed by atoms with E-state index in [0.29, 0.717) is 11.3 Å². The summed E-state index contributed by atoms with van der Waals surface area (Å²) in [5, 5.41) is 0. The minimum absolute atomic E-state index is 0.